The van der Waals surface area contributed by atoms with Gasteiger partial charge in [-0.25, -0.2) is 4.90 Å². The third-order valence-corrected chi connectivity index (χ3v) is 4.45. The molecule has 0 fully saturated rings. The number of nitrogens with zero attached hydrogens (tertiary/aromatic N) is 2. The third kappa shape index (κ3) is 3.43. The molecule has 0 atom stereocenters. The molecule has 3 rings (SSSR count). The van der Waals surface area contributed by atoms with Gasteiger partial charge in [-0.1, -0.05) is 6.92 Å². The van der Waals surface area contributed by atoms with Gasteiger partial charge >= 0.3 is 0 Å². The van der Waals surface area contributed by atoms with Gasteiger partial charge in [0.15, 0.2) is 0 Å². The SMILES string of the molecule is CCCN(C)C(=O)c1ccc2c(c1)C(=O)N(c1ccc(OCC)cc1)C2=O. The van der Waals surface area contributed by atoms with E-state index in [1.807, 2.05) is 13.8 Å². The molecule has 0 spiro atoms. The zero-order valence-electron chi connectivity index (χ0n) is 15.7. The molecule has 140 valence electrons. The van der Waals surface area contributed by atoms with Crippen LogP contribution in [0.5, 0.6) is 5.75 Å². The summed E-state index contributed by atoms with van der Waals surface area (Å²) in [5.74, 6) is -0.309. The number of hydrogen-bond donors (Lipinski definition) is 0. The Hall–Kier alpha value is -3.15. The predicted octanol–water partition coefficient (Wildman–Crippen LogP) is 3.37. The zero-order valence-corrected chi connectivity index (χ0v) is 15.7. The molecule has 2 aromatic rings. The Morgan fingerprint density at radius 1 is 1.00 bits per heavy atom. The minimum Gasteiger partial charge on any atom is -0.494 e. The molecule has 3 amide bonds. The van der Waals surface area contributed by atoms with E-state index in [9.17, 15) is 14.4 Å². The lowest BCUT2D eigenvalue weighted by atomic mass is 10.0. The van der Waals surface area contributed by atoms with E-state index in [-0.39, 0.29) is 17.4 Å². The summed E-state index contributed by atoms with van der Waals surface area (Å²) in [4.78, 5) is 40.8. The van der Waals surface area contributed by atoms with E-state index in [4.69, 9.17) is 4.74 Å². The van der Waals surface area contributed by atoms with Gasteiger partial charge in [-0.2, -0.15) is 0 Å². The fraction of sp³-hybridized carbons (Fsp3) is 0.286. The minimum absolute atomic E-state index is 0.167. The van der Waals surface area contributed by atoms with Crippen LogP contribution in [-0.4, -0.2) is 42.8 Å². The highest BCUT2D eigenvalue weighted by molar-refractivity contribution is 6.34. The van der Waals surface area contributed by atoms with Crippen molar-refractivity contribution in [2.24, 2.45) is 0 Å². The topological polar surface area (TPSA) is 66.9 Å². The maximum absolute atomic E-state index is 12.8. The number of benzene rings is 2. The summed E-state index contributed by atoms with van der Waals surface area (Å²) in [6.07, 6.45) is 0.843. The van der Waals surface area contributed by atoms with Crippen LogP contribution in [0, 0.1) is 0 Å². The molecule has 6 heteroatoms. The van der Waals surface area contributed by atoms with Crippen molar-refractivity contribution < 1.29 is 19.1 Å². The highest BCUT2D eigenvalue weighted by Gasteiger charge is 2.37. The van der Waals surface area contributed by atoms with Gasteiger partial charge in [0.2, 0.25) is 0 Å². The van der Waals surface area contributed by atoms with Crippen LogP contribution < -0.4 is 9.64 Å². The first kappa shape index (κ1) is 18.6. The van der Waals surface area contributed by atoms with Crippen LogP contribution >= 0.6 is 0 Å². The molecule has 0 saturated carbocycles. The Morgan fingerprint density at radius 2 is 1.67 bits per heavy atom. The van der Waals surface area contributed by atoms with Crippen molar-refractivity contribution in [3.8, 4) is 5.75 Å². The molecule has 0 bridgehead atoms. The zero-order chi connectivity index (χ0) is 19.6. The molecule has 0 aliphatic carbocycles. The van der Waals surface area contributed by atoms with Crippen molar-refractivity contribution in [3.05, 3.63) is 59.2 Å². The molecule has 0 radical (unpaired) electrons. The van der Waals surface area contributed by atoms with Crippen molar-refractivity contribution in [3.63, 3.8) is 0 Å². The van der Waals surface area contributed by atoms with E-state index in [0.29, 0.717) is 35.7 Å². The lowest BCUT2D eigenvalue weighted by Gasteiger charge is -2.16. The molecule has 1 heterocycles. The number of amides is 3. The number of fused-ring (bicyclic) bond motifs is 1. The first-order valence-electron chi connectivity index (χ1n) is 8.99. The fourth-order valence-electron chi connectivity index (χ4n) is 3.12. The van der Waals surface area contributed by atoms with E-state index < -0.39 is 5.91 Å². The van der Waals surface area contributed by atoms with Gasteiger partial charge in [-0.15, -0.1) is 0 Å². The van der Waals surface area contributed by atoms with Crippen LogP contribution in [0.1, 0.15) is 51.3 Å². The molecular weight excluding hydrogens is 344 g/mol. The second-order valence-electron chi connectivity index (χ2n) is 6.36. The summed E-state index contributed by atoms with van der Waals surface area (Å²) >= 11 is 0. The molecule has 2 aromatic carbocycles. The lowest BCUT2D eigenvalue weighted by molar-refractivity contribution is 0.0794. The molecule has 0 saturated heterocycles. The van der Waals surface area contributed by atoms with Crippen molar-refractivity contribution in [1.82, 2.24) is 4.90 Å². The largest absolute Gasteiger partial charge is 0.494 e. The first-order valence-corrected chi connectivity index (χ1v) is 8.99. The van der Waals surface area contributed by atoms with E-state index >= 15 is 0 Å². The van der Waals surface area contributed by atoms with Crippen molar-refractivity contribution in [2.75, 3.05) is 25.1 Å². The molecule has 0 aromatic heterocycles. The van der Waals surface area contributed by atoms with E-state index in [1.54, 1.807) is 48.3 Å². The maximum atomic E-state index is 12.8. The van der Waals surface area contributed by atoms with Crippen LogP contribution in [0.15, 0.2) is 42.5 Å². The summed E-state index contributed by atoms with van der Waals surface area (Å²) in [5.41, 5.74) is 1.44. The number of hydrogen-bond acceptors (Lipinski definition) is 4. The van der Waals surface area contributed by atoms with Gasteiger partial charge in [0.1, 0.15) is 5.75 Å². The summed E-state index contributed by atoms with van der Waals surface area (Å²) in [6.45, 7) is 5.04. The Kier molecular flexibility index (Phi) is 5.26. The molecule has 1 aliphatic heterocycles. The Labute approximate surface area is 158 Å². The van der Waals surface area contributed by atoms with Crippen molar-refractivity contribution in [1.29, 1.82) is 0 Å². The van der Waals surface area contributed by atoms with Crippen LogP contribution in [0.25, 0.3) is 0 Å². The summed E-state index contributed by atoms with van der Waals surface area (Å²) < 4.78 is 5.39. The molecule has 6 nitrogen and oxygen atoms in total. The van der Waals surface area contributed by atoms with Crippen LogP contribution in [0.3, 0.4) is 0 Å². The second-order valence-corrected chi connectivity index (χ2v) is 6.36. The monoisotopic (exact) mass is 366 g/mol. The van der Waals surface area contributed by atoms with Crippen molar-refractivity contribution in [2.45, 2.75) is 20.3 Å². The van der Waals surface area contributed by atoms with Gasteiger partial charge < -0.3 is 9.64 Å². The lowest BCUT2D eigenvalue weighted by Crippen LogP contribution is -2.29. The molecular formula is C21H22N2O4. The average Bonchev–Trinajstić information content (AvgIpc) is 2.92. The minimum atomic E-state index is -0.424. The van der Waals surface area contributed by atoms with Gasteiger partial charge in [0.25, 0.3) is 17.7 Å². The van der Waals surface area contributed by atoms with Crippen LogP contribution in [-0.2, 0) is 0 Å². The quantitative estimate of drug-likeness (QED) is 0.735. The summed E-state index contributed by atoms with van der Waals surface area (Å²) in [7, 11) is 1.72. The predicted molar refractivity (Wildman–Crippen MR) is 102 cm³/mol. The Morgan fingerprint density at radius 3 is 2.30 bits per heavy atom. The van der Waals surface area contributed by atoms with Gasteiger partial charge in [-0.3, -0.25) is 14.4 Å². The highest BCUT2D eigenvalue weighted by Crippen LogP contribution is 2.30. The number of carbonyl (C=O) groups excluding carboxylic acids is 3. The summed E-state index contributed by atoms with van der Waals surface area (Å²) in [6, 6.07) is 11.4. The summed E-state index contributed by atoms with van der Waals surface area (Å²) in [5, 5.41) is 0. The standard InChI is InChI=1S/C21H22N2O4/c1-4-12-22(3)19(24)14-6-11-17-18(13-14)21(26)23(20(17)25)15-7-9-16(10-8-15)27-5-2/h6-11,13H,4-5,12H2,1-3H3. The van der Waals surface area contributed by atoms with Gasteiger partial charge in [0, 0.05) is 19.2 Å². The molecule has 27 heavy (non-hydrogen) atoms. The number of anilines is 1. The third-order valence-electron chi connectivity index (χ3n) is 4.45. The van der Waals surface area contributed by atoms with E-state index in [0.717, 1.165) is 11.3 Å². The maximum Gasteiger partial charge on any atom is 0.266 e. The first-order chi connectivity index (χ1) is 13.0. The molecule has 0 N–H and O–H groups in total. The Bertz CT molecular complexity index is 890. The second kappa shape index (κ2) is 7.61. The number of rotatable bonds is 6. The normalized spacial score (nSPS) is 12.9. The number of ether oxygens (including phenoxy) is 1. The van der Waals surface area contributed by atoms with Gasteiger partial charge in [0.05, 0.1) is 23.4 Å². The highest BCUT2D eigenvalue weighted by atomic mass is 16.5. The smallest absolute Gasteiger partial charge is 0.266 e. The van der Waals surface area contributed by atoms with Gasteiger partial charge in [-0.05, 0) is 55.8 Å². The molecule has 0 unspecified atom stereocenters. The van der Waals surface area contributed by atoms with E-state index in [1.165, 1.54) is 6.07 Å². The van der Waals surface area contributed by atoms with Crippen LogP contribution in [0.2, 0.25) is 0 Å². The van der Waals surface area contributed by atoms with E-state index in [2.05, 4.69) is 0 Å². The number of imide groups is 1. The average molecular weight is 366 g/mol. The molecule has 1 aliphatic rings. The Balaban J connectivity index is 1.90. The fourth-order valence-corrected chi connectivity index (χ4v) is 3.12. The van der Waals surface area contributed by atoms with Crippen molar-refractivity contribution >= 4 is 23.4 Å². The number of carbonyl (C=O) groups is 3. The van der Waals surface area contributed by atoms with Crippen LogP contribution in [0.4, 0.5) is 5.69 Å².